The summed E-state index contributed by atoms with van der Waals surface area (Å²) < 4.78 is 20.3. The molecule has 0 aliphatic carbocycles. The van der Waals surface area contributed by atoms with Crippen LogP contribution in [0.15, 0.2) is 66.3 Å². The first-order valence-corrected chi connectivity index (χ1v) is 10.4. The molecule has 0 saturated carbocycles. The number of aromatic nitrogens is 3. The Labute approximate surface area is 179 Å². The van der Waals surface area contributed by atoms with Crippen LogP contribution < -0.4 is 10.1 Å². The fourth-order valence-electron chi connectivity index (χ4n) is 2.76. The van der Waals surface area contributed by atoms with E-state index in [-0.39, 0.29) is 17.5 Å². The van der Waals surface area contributed by atoms with E-state index in [0.717, 1.165) is 17.0 Å². The number of nitrogens with one attached hydrogen (secondary N) is 1. The topological polar surface area (TPSA) is 69.0 Å². The van der Waals surface area contributed by atoms with E-state index in [1.54, 1.807) is 18.2 Å². The van der Waals surface area contributed by atoms with Gasteiger partial charge in [-0.3, -0.25) is 9.36 Å². The second-order valence-electron chi connectivity index (χ2n) is 6.52. The van der Waals surface area contributed by atoms with Crippen molar-refractivity contribution in [3.63, 3.8) is 0 Å². The van der Waals surface area contributed by atoms with Crippen LogP contribution in [0.25, 0.3) is 11.4 Å². The lowest BCUT2D eigenvalue weighted by atomic mass is 10.1. The Kier molecular flexibility index (Phi) is 7.62. The van der Waals surface area contributed by atoms with Crippen LogP contribution in [0.2, 0.25) is 0 Å². The molecular formula is C22H23FN4O2S. The normalized spacial score (nSPS) is 10.6. The van der Waals surface area contributed by atoms with Crippen molar-refractivity contribution in [3.8, 4) is 17.1 Å². The number of halogens is 1. The molecule has 8 heteroatoms. The first-order valence-electron chi connectivity index (χ1n) is 9.46. The van der Waals surface area contributed by atoms with E-state index >= 15 is 0 Å². The molecule has 0 aliphatic heterocycles. The fourth-order valence-corrected chi connectivity index (χ4v) is 3.54. The largest absolute Gasteiger partial charge is 0.492 e. The minimum Gasteiger partial charge on any atom is -0.492 e. The van der Waals surface area contributed by atoms with Crippen LogP contribution in [0.1, 0.15) is 5.56 Å². The molecular weight excluding hydrogens is 403 g/mol. The van der Waals surface area contributed by atoms with Crippen molar-refractivity contribution < 1.29 is 13.9 Å². The van der Waals surface area contributed by atoms with Gasteiger partial charge in [0, 0.05) is 12.1 Å². The van der Waals surface area contributed by atoms with Gasteiger partial charge in [-0.25, -0.2) is 4.39 Å². The third-order valence-corrected chi connectivity index (χ3v) is 5.11. The molecule has 3 aromatic rings. The van der Waals surface area contributed by atoms with Gasteiger partial charge in [0.05, 0.1) is 12.3 Å². The van der Waals surface area contributed by atoms with Crippen LogP contribution in [-0.2, 0) is 11.3 Å². The highest BCUT2D eigenvalue weighted by Crippen LogP contribution is 2.24. The number of aryl methyl sites for hydroxylation is 1. The molecule has 0 saturated heterocycles. The van der Waals surface area contributed by atoms with Crippen molar-refractivity contribution in [2.45, 2.75) is 18.6 Å². The third-order valence-electron chi connectivity index (χ3n) is 4.14. The number of thioether (sulfide) groups is 1. The Hall–Kier alpha value is -3.13. The number of rotatable bonds is 10. The Morgan fingerprint density at radius 1 is 1.27 bits per heavy atom. The van der Waals surface area contributed by atoms with Crippen molar-refractivity contribution >= 4 is 17.7 Å². The Morgan fingerprint density at radius 3 is 2.80 bits per heavy atom. The maximum atomic E-state index is 12.9. The van der Waals surface area contributed by atoms with E-state index in [1.807, 2.05) is 35.8 Å². The van der Waals surface area contributed by atoms with Gasteiger partial charge in [0.2, 0.25) is 5.91 Å². The number of amides is 1. The minimum atomic E-state index is -0.317. The highest BCUT2D eigenvalue weighted by Gasteiger charge is 2.15. The van der Waals surface area contributed by atoms with Crippen molar-refractivity contribution in [2.24, 2.45) is 0 Å². The summed E-state index contributed by atoms with van der Waals surface area (Å²) in [5.74, 6) is 1.06. The first-order chi connectivity index (χ1) is 14.6. The van der Waals surface area contributed by atoms with E-state index in [1.165, 1.54) is 23.9 Å². The number of carbonyl (C=O) groups is 1. The first kappa shape index (κ1) is 21.6. The van der Waals surface area contributed by atoms with Gasteiger partial charge in [0.15, 0.2) is 11.0 Å². The van der Waals surface area contributed by atoms with Crippen molar-refractivity contribution in [1.29, 1.82) is 0 Å². The van der Waals surface area contributed by atoms with E-state index < -0.39 is 0 Å². The molecule has 0 radical (unpaired) electrons. The van der Waals surface area contributed by atoms with Gasteiger partial charge in [-0.1, -0.05) is 41.6 Å². The summed E-state index contributed by atoms with van der Waals surface area (Å²) in [5.41, 5.74) is 2.11. The van der Waals surface area contributed by atoms with Gasteiger partial charge >= 0.3 is 0 Å². The van der Waals surface area contributed by atoms with Crippen molar-refractivity contribution in [2.75, 3.05) is 18.9 Å². The van der Waals surface area contributed by atoms with E-state index in [9.17, 15) is 9.18 Å². The molecule has 30 heavy (non-hydrogen) atoms. The highest BCUT2D eigenvalue weighted by atomic mass is 32.2. The summed E-state index contributed by atoms with van der Waals surface area (Å²) in [6.45, 7) is 7.03. The molecule has 0 atom stereocenters. The SMILES string of the molecule is C=CCn1c(SCC(=O)NCCOc2ccc(F)cc2)nnc1-c1cccc(C)c1. The average Bonchev–Trinajstić information content (AvgIpc) is 3.14. The van der Waals surface area contributed by atoms with Gasteiger partial charge < -0.3 is 10.1 Å². The van der Waals surface area contributed by atoms with E-state index in [2.05, 4.69) is 22.1 Å². The number of carbonyl (C=O) groups excluding carboxylic acids is 1. The standard InChI is InChI=1S/C22H23FN4O2S/c1-3-12-27-21(17-6-4-5-16(2)14-17)25-26-22(27)30-15-20(28)24-11-13-29-19-9-7-18(23)8-10-19/h3-10,14H,1,11-13,15H2,2H3,(H,24,28). The van der Waals surface area contributed by atoms with Gasteiger partial charge in [-0.2, -0.15) is 0 Å². The lowest BCUT2D eigenvalue weighted by Gasteiger charge is -2.09. The zero-order valence-corrected chi connectivity index (χ0v) is 17.5. The fraction of sp³-hybridized carbons (Fsp3) is 0.227. The summed E-state index contributed by atoms with van der Waals surface area (Å²) >= 11 is 1.32. The maximum absolute atomic E-state index is 12.9. The van der Waals surface area contributed by atoms with E-state index in [4.69, 9.17) is 4.74 Å². The molecule has 2 aromatic carbocycles. The monoisotopic (exact) mass is 426 g/mol. The molecule has 1 amide bonds. The predicted octanol–water partition coefficient (Wildman–Crippen LogP) is 3.87. The van der Waals surface area contributed by atoms with Crippen LogP contribution >= 0.6 is 11.8 Å². The zero-order valence-electron chi connectivity index (χ0n) is 16.7. The number of hydrogen-bond donors (Lipinski definition) is 1. The number of nitrogens with zero attached hydrogens (tertiary/aromatic N) is 3. The predicted molar refractivity (Wildman–Crippen MR) is 116 cm³/mol. The molecule has 0 bridgehead atoms. The molecule has 1 heterocycles. The Morgan fingerprint density at radius 2 is 2.07 bits per heavy atom. The average molecular weight is 427 g/mol. The summed E-state index contributed by atoms with van der Waals surface area (Å²) in [5, 5.41) is 12.0. The molecule has 0 unspecified atom stereocenters. The summed E-state index contributed by atoms with van der Waals surface area (Å²) in [6, 6.07) is 13.8. The van der Waals surface area contributed by atoms with Crippen molar-refractivity contribution in [3.05, 3.63) is 72.6 Å². The lowest BCUT2D eigenvalue weighted by molar-refractivity contribution is -0.118. The zero-order chi connectivity index (χ0) is 21.3. The van der Waals surface area contributed by atoms with Crippen LogP contribution in [-0.4, -0.2) is 39.6 Å². The maximum Gasteiger partial charge on any atom is 0.230 e. The molecule has 1 N–H and O–H groups in total. The molecule has 0 spiro atoms. The van der Waals surface area contributed by atoms with Gasteiger partial charge in [0.1, 0.15) is 18.2 Å². The van der Waals surface area contributed by atoms with Gasteiger partial charge in [-0.15, -0.1) is 16.8 Å². The summed E-state index contributed by atoms with van der Waals surface area (Å²) in [7, 11) is 0. The van der Waals surface area contributed by atoms with Gasteiger partial charge in [0.25, 0.3) is 0 Å². The molecule has 6 nitrogen and oxygen atoms in total. The third kappa shape index (κ3) is 5.93. The number of hydrogen-bond acceptors (Lipinski definition) is 5. The molecule has 3 rings (SSSR count). The smallest absolute Gasteiger partial charge is 0.230 e. The van der Waals surface area contributed by atoms with Crippen LogP contribution in [0.4, 0.5) is 4.39 Å². The van der Waals surface area contributed by atoms with Crippen LogP contribution in [0.5, 0.6) is 5.75 Å². The Balaban J connectivity index is 1.51. The summed E-state index contributed by atoms with van der Waals surface area (Å²) in [6.07, 6.45) is 1.78. The van der Waals surface area contributed by atoms with Gasteiger partial charge in [-0.05, 0) is 37.3 Å². The lowest BCUT2D eigenvalue weighted by Crippen LogP contribution is -2.29. The number of benzene rings is 2. The number of allylic oxidation sites excluding steroid dienone is 1. The highest BCUT2D eigenvalue weighted by molar-refractivity contribution is 7.99. The second kappa shape index (κ2) is 10.6. The Bertz CT molecular complexity index is 1000. The molecule has 0 fully saturated rings. The molecule has 0 aliphatic rings. The van der Waals surface area contributed by atoms with Crippen molar-refractivity contribution in [1.82, 2.24) is 20.1 Å². The van der Waals surface area contributed by atoms with Crippen LogP contribution in [0.3, 0.4) is 0 Å². The second-order valence-corrected chi connectivity index (χ2v) is 7.46. The number of ether oxygens (including phenoxy) is 1. The van der Waals surface area contributed by atoms with Crippen LogP contribution in [0, 0.1) is 12.7 Å². The molecule has 156 valence electrons. The minimum absolute atomic E-state index is 0.132. The van der Waals surface area contributed by atoms with E-state index in [0.29, 0.717) is 30.6 Å². The molecule has 1 aromatic heterocycles. The quantitative estimate of drug-likeness (QED) is 0.303. The summed E-state index contributed by atoms with van der Waals surface area (Å²) in [4.78, 5) is 12.1.